The Labute approximate surface area is 107 Å². The van der Waals surface area contributed by atoms with Gasteiger partial charge in [0.15, 0.2) is 5.60 Å². The van der Waals surface area contributed by atoms with Gasteiger partial charge in [-0.2, -0.15) is 0 Å². The molecule has 18 heavy (non-hydrogen) atoms. The molecule has 96 valence electrons. The van der Waals surface area contributed by atoms with Crippen LogP contribution in [0.2, 0.25) is 0 Å². The highest BCUT2D eigenvalue weighted by Crippen LogP contribution is 2.31. The van der Waals surface area contributed by atoms with E-state index in [0.717, 1.165) is 18.4 Å². The molecular weight excluding hydrogens is 228 g/mol. The molecular formula is C14H18N2O2. The van der Waals surface area contributed by atoms with Crippen LogP contribution in [-0.4, -0.2) is 19.2 Å². The summed E-state index contributed by atoms with van der Waals surface area (Å²) >= 11 is 0. The maximum Gasteiger partial charge on any atom is 0.408 e. The fourth-order valence-corrected chi connectivity index (χ4v) is 2.87. The van der Waals surface area contributed by atoms with Crippen LogP contribution in [0.4, 0.5) is 4.79 Å². The van der Waals surface area contributed by atoms with Gasteiger partial charge < -0.3 is 15.8 Å². The topological polar surface area (TPSA) is 64.3 Å². The third-order valence-electron chi connectivity index (χ3n) is 4.01. The van der Waals surface area contributed by atoms with E-state index in [2.05, 4.69) is 23.5 Å². The Bertz CT molecular complexity index is 487. The summed E-state index contributed by atoms with van der Waals surface area (Å²) in [5.41, 5.74) is 8.97. The van der Waals surface area contributed by atoms with E-state index in [1.807, 2.05) is 0 Å². The summed E-state index contributed by atoms with van der Waals surface area (Å²) in [5.74, 6) is 0. The first-order valence-electron chi connectivity index (χ1n) is 6.53. The molecule has 2 aliphatic rings. The molecule has 0 aromatic heterocycles. The molecule has 0 radical (unpaired) electrons. The Morgan fingerprint density at radius 1 is 1.28 bits per heavy atom. The first-order valence-corrected chi connectivity index (χ1v) is 6.53. The molecule has 4 heteroatoms. The van der Waals surface area contributed by atoms with Crippen LogP contribution >= 0.6 is 0 Å². The average molecular weight is 246 g/mol. The van der Waals surface area contributed by atoms with Gasteiger partial charge in [0.25, 0.3) is 0 Å². The Morgan fingerprint density at radius 3 is 2.72 bits per heavy atom. The lowest BCUT2D eigenvalue weighted by molar-refractivity contribution is 0.0616. The minimum Gasteiger partial charge on any atom is -0.435 e. The van der Waals surface area contributed by atoms with Gasteiger partial charge in [-0.1, -0.05) is 18.2 Å². The number of hydrogen-bond donors (Lipinski definition) is 2. The van der Waals surface area contributed by atoms with Gasteiger partial charge in [-0.15, -0.1) is 0 Å². The monoisotopic (exact) mass is 246 g/mol. The number of cyclic esters (lactones) is 1. The SMILES string of the molecule is NCC1(c2ccc3c(c2)CCCC3)CNC(=O)O1. The molecule has 1 fully saturated rings. The van der Waals surface area contributed by atoms with Crippen molar-refractivity contribution in [3.63, 3.8) is 0 Å². The molecule has 0 spiro atoms. The minimum absolute atomic E-state index is 0.310. The predicted molar refractivity (Wildman–Crippen MR) is 68.3 cm³/mol. The number of aryl methyl sites for hydroxylation is 2. The number of nitrogens with two attached hydrogens (primary N) is 1. The van der Waals surface area contributed by atoms with Gasteiger partial charge in [0, 0.05) is 6.54 Å². The lowest BCUT2D eigenvalue weighted by atomic mass is 9.86. The van der Waals surface area contributed by atoms with Crippen LogP contribution in [0.3, 0.4) is 0 Å². The molecule has 1 aliphatic carbocycles. The van der Waals surface area contributed by atoms with Crippen LogP contribution in [0.25, 0.3) is 0 Å². The molecule has 1 heterocycles. The molecule has 0 saturated carbocycles. The Morgan fingerprint density at radius 2 is 2.06 bits per heavy atom. The zero-order valence-corrected chi connectivity index (χ0v) is 10.4. The van der Waals surface area contributed by atoms with Crippen molar-refractivity contribution < 1.29 is 9.53 Å². The van der Waals surface area contributed by atoms with Gasteiger partial charge >= 0.3 is 6.09 Å². The number of amides is 1. The summed E-state index contributed by atoms with van der Waals surface area (Å²) in [7, 11) is 0. The van der Waals surface area contributed by atoms with Crippen LogP contribution in [0.15, 0.2) is 18.2 Å². The standard InChI is InChI=1S/C14H18N2O2/c15-8-14(9-16-13(17)18-14)12-6-5-10-3-1-2-4-11(10)7-12/h5-7H,1-4,8-9,15H2,(H,16,17). The molecule has 0 bridgehead atoms. The molecule has 1 aliphatic heterocycles. The van der Waals surface area contributed by atoms with Gasteiger partial charge in [0.1, 0.15) is 0 Å². The van der Waals surface area contributed by atoms with Crippen LogP contribution in [0.5, 0.6) is 0 Å². The third-order valence-corrected chi connectivity index (χ3v) is 4.01. The highest BCUT2D eigenvalue weighted by atomic mass is 16.6. The van der Waals surface area contributed by atoms with Crippen molar-refractivity contribution in [3.8, 4) is 0 Å². The van der Waals surface area contributed by atoms with Crippen molar-refractivity contribution in [2.75, 3.05) is 13.1 Å². The summed E-state index contributed by atoms with van der Waals surface area (Å²) in [6, 6.07) is 6.38. The summed E-state index contributed by atoms with van der Waals surface area (Å²) in [6.45, 7) is 0.769. The Kier molecular flexibility index (Phi) is 2.74. The lowest BCUT2D eigenvalue weighted by Gasteiger charge is -2.27. The number of hydrogen-bond acceptors (Lipinski definition) is 3. The number of benzene rings is 1. The minimum atomic E-state index is -0.677. The van der Waals surface area contributed by atoms with Gasteiger partial charge in [-0.3, -0.25) is 0 Å². The van der Waals surface area contributed by atoms with Crippen molar-refractivity contribution in [1.82, 2.24) is 5.32 Å². The summed E-state index contributed by atoms with van der Waals surface area (Å²) in [6.07, 6.45) is 4.40. The van der Waals surface area contributed by atoms with Gasteiger partial charge in [0.2, 0.25) is 0 Å². The number of nitrogens with one attached hydrogen (secondary N) is 1. The molecule has 3 N–H and O–H groups in total. The van der Waals surface area contributed by atoms with Crippen LogP contribution in [0, 0.1) is 0 Å². The van der Waals surface area contributed by atoms with E-state index < -0.39 is 5.60 Å². The molecule has 1 amide bonds. The first kappa shape index (κ1) is 11.5. The summed E-state index contributed by atoms with van der Waals surface area (Å²) in [4.78, 5) is 11.3. The smallest absolute Gasteiger partial charge is 0.408 e. The van der Waals surface area contributed by atoms with Crippen LogP contribution < -0.4 is 11.1 Å². The number of alkyl carbamates (subject to hydrolysis) is 1. The normalized spacial score (nSPS) is 26.4. The second kappa shape index (κ2) is 4.28. The van der Waals surface area contributed by atoms with Crippen molar-refractivity contribution >= 4 is 6.09 Å². The maximum atomic E-state index is 11.3. The molecule has 4 nitrogen and oxygen atoms in total. The number of ether oxygens (including phenoxy) is 1. The van der Waals surface area contributed by atoms with E-state index in [0.29, 0.717) is 13.1 Å². The molecule has 1 atom stereocenters. The fourth-order valence-electron chi connectivity index (χ4n) is 2.87. The van der Waals surface area contributed by atoms with Crippen LogP contribution in [0.1, 0.15) is 29.5 Å². The van der Waals surface area contributed by atoms with E-state index in [1.165, 1.54) is 24.0 Å². The number of fused-ring (bicyclic) bond motifs is 1. The third kappa shape index (κ3) is 1.77. The van der Waals surface area contributed by atoms with E-state index in [-0.39, 0.29) is 6.09 Å². The number of carbonyl (C=O) groups is 1. The fraction of sp³-hybridized carbons (Fsp3) is 0.500. The van der Waals surface area contributed by atoms with E-state index in [9.17, 15) is 4.79 Å². The molecule has 1 aromatic carbocycles. The van der Waals surface area contributed by atoms with Crippen molar-refractivity contribution in [2.45, 2.75) is 31.3 Å². The summed E-state index contributed by atoms with van der Waals surface area (Å²) in [5, 5.41) is 2.70. The Hall–Kier alpha value is -1.55. The zero-order valence-electron chi connectivity index (χ0n) is 10.4. The second-order valence-corrected chi connectivity index (χ2v) is 5.13. The van der Waals surface area contributed by atoms with Crippen LogP contribution in [-0.2, 0) is 23.2 Å². The summed E-state index contributed by atoms with van der Waals surface area (Å²) < 4.78 is 5.40. The average Bonchev–Trinajstić information content (AvgIpc) is 2.81. The largest absolute Gasteiger partial charge is 0.435 e. The predicted octanol–water partition coefficient (Wildman–Crippen LogP) is 1.46. The van der Waals surface area contributed by atoms with E-state index in [1.54, 1.807) is 0 Å². The number of carbonyl (C=O) groups excluding carboxylic acids is 1. The molecule has 3 rings (SSSR count). The zero-order chi connectivity index (χ0) is 12.6. The van der Waals surface area contributed by atoms with Gasteiger partial charge in [-0.25, -0.2) is 4.79 Å². The van der Waals surface area contributed by atoms with Crippen molar-refractivity contribution in [1.29, 1.82) is 0 Å². The molecule has 1 aromatic rings. The van der Waals surface area contributed by atoms with Gasteiger partial charge in [0.05, 0.1) is 6.54 Å². The quantitative estimate of drug-likeness (QED) is 0.830. The lowest BCUT2D eigenvalue weighted by Crippen LogP contribution is -2.38. The highest BCUT2D eigenvalue weighted by molar-refractivity contribution is 5.70. The molecule has 1 unspecified atom stereocenters. The van der Waals surface area contributed by atoms with Gasteiger partial charge in [-0.05, 0) is 42.4 Å². The number of rotatable bonds is 2. The van der Waals surface area contributed by atoms with Crippen molar-refractivity contribution in [3.05, 3.63) is 34.9 Å². The molecule has 1 saturated heterocycles. The second-order valence-electron chi connectivity index (χ2n) is 5.13. The highest BCUT2D eigenvalue weighted by Gasteiger charge is 2.41. The maximum absolute atomic E-state index is 11.3. The van der Waals surface area contributed by atoms with E-state index in [4.69, 9.17) is 10.5 Å². The Balaban J connectivity index is 1.98. The first-order chi connectivity index (χ1) is 8.73. The van der Waals surface area contributed by atoms with E-state index >= 15 is 0 Å². The van der Waals surface area contributed by atoms with Crippen molar-refractivity contribution in [2.24, 2.45) is 5.73 Å².